The van der Waals surface area contributed by atoms with E-state index in [2.05, 4.69) is 9.59 Å². The summed E-state index contributed by atoms with van der Waals surface area (Å²) in [6.07, 6.45) is 1.58. The number of hydrogen-bond donors (Lipinski definition) is 1. The quantitative estimate of drug-likeness (QED) is 0.765. The summed E-state index contributed by atoms with van der Waals surface area (Å²) in [6.45, 7) is 0. The minimum Gasteiger partial charge on any atom is -0.476 e. The number of carboxylic acids is 1. The molecular weight excluding hydrogens is 200 g/mol. The highest BCUT2D eigenvalue weighted by atomic mass is 32.2. The lowest BCUT2D eigenvalue weighted by atomic mass is 10.4. The molecule has 0 atom stereocenters. The summed E-state index contributed by atoms with van der Waals surface area (Å²) in [5.41, 5.74) is -0.264. The van der Waals surface area contributed by atoms with Crippen molar-refractivity contribution in [2.75, 3.05) is 6.26 Å². The van der Waals surface area contributed by atoms with Crippen molar-refractivity contribution in [1.29, 1.82) is 0 Å². The summed E-state index contributed by atoms with van der Waals surface area (Å²) >= 11 is 1.74. The predicted octanol–water partition coefficient (Wildman–Crippen LogP) is 0.740. The SMILES string of the molecule is CSC(=O)c1snnc1C(=O)O. The standard InChI is InChI=1S/C5H4N2O3S2/c1-11-5(10)3-2(4(8)9)6-7-12-3/h1H3,(H,8,9). The number of aromatic nitrogens is 2. The first-order valence-electron chi connectivity index (χ1n) is 2.80. The van der Waals surface area contributed by atoms with Gasteiger partial charge in [-0.3, -0.25) is 4.79 Å². The van der Waals surface area contributed by atoms with Gasteiger partial charge in [0.2, 0.25) is 5.12 Å². The molecule has 12 heavy (non-hydrogen) atoms. The Labute approximate surface area is 76.0 Å². The molecule has 0 bridgehead atoms. The first-order valence-corrected chi connectivity index (χ1v) is 4.80. The number of rotatable bonds is 2. The molecule has 0 saturated carbocycles. The maximum atomic E-state index is 11.0. The van der Waals surface area contributed by atoms with E-state index in [-0.39, 0.29) is 15.7 Å². The van der Waals surface area contributed by atoms with Crippen LogP contribution in [-0.2, 0) is 0 Å². The van der Waals surface area contributed by atoms with E-state index in [1.54, 1.807) is 6.26 Å². The molecule has 7 heteroatoms. The average Bonchev–Trinajstić information content (AvgIpc) is 2.50. The van der Waals surface area contributed by atoms with E-state index < -0.39 is 5.97 Å². The summed E-state index contributed by atoms with van der Waals surface area (Å²) in [6, 6.07) is 0. The molecule has 0 amide bonds. The maximum absolute atomic E-state index is 11.0. The van der Waals surface area contributed by atoms with Crippen LogP contribution in [0.25, 0.3) is 0 Å². The molecule has 1 heterocycles. The summed E-state index contributed by atoms with van der Waals surface area (Å²) in [5.74, 6) is -1.22. The van der Waals surface area contributed by atoms with Crippen molar-refractivity contribution in [3.63, 3.8) is 0 Å². The fourth-order valence-corrected chi connectivity index (χ4v) is 1.69. The number of thioether (sulfide) groups is 1. The molecule has 0 fully saturated rings. The molecule has 0 aromatic carbocycles. The van der Waals surface area contributed by atoms with Gasteiger partial charge in [-0.1, -0.05) is 16.3 Å². The Bertz CT molecular complexity index is 322. The summed E-state index contributed by atoms with van der Waals surface area (Å²) < 4.78 is 3.39. The van der Waals surface area contributed by atoms with Crippen LogP contribution in [-0.4, -0.2) is 32.0 Å². The second kappa shape index (κ2) is 3.63. The van der Waals surface area contributed by atoms with Gasteiger partial charge in [0.25, 0.3) is 0 Å². The predicted molar refractivity (Wildman–Crippen MR) is 44.7 cm³/mol. The molecule has 0 aliphatic heterocycles. The Hall–Kier alpha value is -0.950. The Morgan fingerprint density at radius 1 is 1.58 bits per heavy atom. The third kappa shape index (κ3) is 1.62. The second-order valence-corrected chi connectivity index (χ2v) is 3.28. The van der Waals surface area contributed by atoms with Gasteiger partial charge in [0.15, 0.2) is 5.69 Å². The van der Waals surface area contributed by atoms with Gasteiger partial charge >= 0.3 is 5.97 Å². The van der Waals surface area contributed by atoms with Gasteiger partial charge in [0.05, 0.1) is 0 Å². The molecule has 0 aliphatic rings. The smallest absolute Gasteiger partial charge is 0.358 e. The van der Waals surface area contributed by atoms with Crippen molar-refractivity contribution < 1.29 is 14.7 Å². The van der Waals surface area contributed by atoms with Crippen molar-refractivity contribution in [3.05, 3.63) is 10.6 Å². The van der Waals surface area contributed by atoms with Gasteiger partial charge in [-0.15, -0.1) is 5.10 Å². The summed E-state index contributed by atoms with van der Waals surface area (Å²) in [7, 11) is 0. The summed E-state index contributed by atoms with van der Waals surface area (Å²) in [4.78, 5) is 21.6. The number of nitrogens with zero attached hydrogens (tertiary/aromatic N) is 2. The topological polar surface area (TPSA) is 80.2 Å². The van der Waals surface area contributed by atoms with Gasteiger partial charge in [-0.05, 0) is 17.8 Å². The first-order chi connectivity index (χ1) is 5.66. The van der Waals surface area contributed by atoms with E-state index >= 15 is 0 Å². The van der Waals surface area contributed by atoms with Gasteiger partial charge in [-0.25, -0.2) is 4.79 Å². The first kappa shape index (κ1) is 9.14. The van der Waals surface area contributed by atoms with Crippen LogP contribution in [0.4, 0.5) is 0 Å². The summed E-state index contributed by atoms with van der Waals surface area (Å²) in [5, 5.41) is 11.5. The van der Waals surface area contributed by atoms with Crippen LogP contribution < -0.4 is 0 Å². The lowest BCUT2D eigenvalue weighted by Crippen LogP contribution is -2.03. The molecule has 0 aliphatic carbocycles. The molecule has 1 rings (SSSR count). The van der Waals surface area contributed by atoms with E-state index in [1.165, 1.54) is 0 Å². The van der Waals surface area contributed by atoms with Crippen LogP contribution in [0.1, 0.15) is 20.2 Å². The highest BCUT2D eigenvalue weighted by Gasteiger charge is 2.20. The fourth-order valence-electron chi connectivity index (χ4n) is 0.557. The highest BCUT2D eigenvalue weighted by molar-refractivity contribution is 8.13. The minimum atomic E-state index is -1.22. The third-order valence-corrected chi connectivity index (χ3v) is 2.49. The molecule has 0 radical (unpaired) electrons. The van der Waals surface area contributed by atoms with Gasteiger partial charge in [0, 0.05) is 0 Å². The minimum absolute atomic E-state index is 0.0926. The number of hydrogen-bond acceptors (Lipinski definition) is 6. The van der Waals surface area contributed by atoms with E-state index in [9.17, 15) is 9.59 Å². The van der Waals surface area contributed by atoms with Crippen LogP contribution in [0.3, 0.4) is 0 Å². The monoisotopic (exact) mass is 204 g/mol. The van der Waals surface area contributed by atoms with Crippen molar-refractivity contribution in [3.8, 4) is 0 Å². The number of carbonyl (C=O) groups excluding carboxylic acids is 1. The lowest BCUT2D eigenvalue weighted by Gasteiger charge is -1.90. The van der Waals surface area contributed by atoms with Gasteiger partial charge in [-0.2, -0.15) is 0 Å². The lowest BCUT2D eigenvalue weighted by molar-refractivity contribution is 0.0687. The number of carbonyl (C=O) groups is 2. The van der Waals surface area contributed by atoms with Crippen LogP contribution >= 0.6 is 23.3 Å². The highest BCUT2D eigenvalue weighted by Crippen LogP contribution is 2.16. The normalized spacial score (nSPS) is 9.75. The molecule has 1 aromatic heterocycles. The van der Waals surface area contributed by atoms with Crippen molar-refractivity contribution >= 4 is 34.4 Å². The fraction of sp³-hybridized carbons (Fsp3) is 0.200. The van der Waals surface area contributed by atoms with Crippen LogP contribution in [0.5, 0.6) is 0 Å². The van der Waals surface area contributed by atoms with E-state index in [0.29, 0.717) is 0 Å². The van der Waals surface area contributed by atoms with E-state index in [0.717, 1.165) is 23.3 Å². The molecule has 64 valence electrons. The molecule has 0 saturated heterocycles. The van der Waals surface area contributed by atoms with Gasteiger partial charge in [0.1, 0.15) is 4.88 Å². The average molecular weight is 204 g/mol. The molecule has 5 nitrogen and oxygen atoms in total. The Morgan fingerprint density at radius 2 is 2.25 bits per heavy atom. The second-order valence-electron chi connectivity index (χ2n) is 1.75. The van der Waals surface area contributed by atoms with E-state index in [1.807, 2.05) is 0 Å². The number of aromatic carboxylic acids is 1. The maximum Gasteiger partial charge on any atom is 0.358 e. The largest absolute Gasteiger partial charge is 0.476 e. The third-order valence-electron chi connectivity index (χ3n) is 1.06. The molecular formula is C5H4N2O3S2. The molecule has 1 N–H and O–H groups in total. The Morgan fingerprint density at radius 3 is 2.75 bits per heavy atom. The molecule has 0 unspecified atom stereocenters. The van der Waals surface area contributed by atoms with Crippen LogP contribution in [0.15, 0.2) is 0 Å². The zero-order valence-corrected chi connectivity index (χ0v) is 7.61. The van der Waals surface area contributed by atoms with Crippen LogP contribution in [0.2, 0.25) is 0 Å². The Kier molecular flexibility index (Phi) is 2.77. The molecule has 0 spiro atoms. The van der Waals surface area contributed by atoms with Crippen molar-refractivity contribution in [2.24, 2.45) is 0 Å². The van der Waals surface area contributed by atoms with Crippen LogP contribution in [0, 0.1) is 0 Å². The molecule has 1 aromatic rings. The Balaban J connectivity index is 3.07. The zero-order valence-electron chi connectivity index (χ0n) is 5.97. The number of carboxylic acid groups (broad SMARTS) is 1. The van der Waals surface area contributed by atoms with Crippen molar-refractivity contribution in [1.82, 2.24) is 9.59 Å². The van der Waals surface area contributed by atoms with Gasteiger partial charge < -0.3 is 5.11 Å². The van der Waals surface area contributed by atoms with Crippen molar-refractivity contribution in [2.45, 2.75) is 0 Å². The zero-order chi connectivity index (χ0) is 9.14. The van der Waals surface area contributed by atoms with E-state index in [4.69, 9.17) is 5.11 Å².